The van der Waals surface area contributed by atoms with Crippen molar-refractivity contribution in [2.45, 2.75) is 6.42 Å². The summed E-state index contributed by atoms with van der Waals surface area (Å²) in [6, 6.07) is 3.26. The van der Waals surface area contributed by atoms with Crippen LogP contribution in [0.25, 0.3) is 5.69 Å². The summed E-state index contributed by atoms with van der Waals surface area (Å²) >= 11 is 0. The summed E-state index contributed by atoms with van der Waals surface area (Å²) in [6.07, 6.45) is 6.58. The van der Waals surface area contributed by atoms with Crippen LogP contribution in [-0.2, 0) is 16.4 Å². The van der Waals surface area contributed by atoms with Crippen molar-refractivity contribution in [1.29, 1.82) is 0 Å². The number of aromatic nitrogens is 3. The lowest BCUT2D eigenvalue weighted by Crippen LogP contribution is -2.10. The van der Waals surface area contributed by atoms with Gasteiger partial charge in [0, 0.05) is 12.8 Å². The van der Waals surface area contributed by atoms with Crippen LogP contribution >= 0.6 is 0 Å². The highest BCUT2D eigenvalue weighted by atomic mass is 32.2. The van der Waals surface area contributed by atoms with Crippen LogP contribution in [0.2, 0.25) is 0 Å². The number of pyridine rings is 1. The van der Waals surface area contributed by atoms with E-state index >= 15 is 0 Å². The van der Waals surface area contributed by atoms with Crippen molar-refractivity contribution in [2.75, 3.05) is 17.6 Å². The lowest BCUT2D eigenvalue weighted by Gasteiger charge is -2.04. The van der Waals surface area contributed by atoms with Gasteiger partial charge in [-0.3, -0.25) is 4.72 Å². The molecule has 0 saturated heterocycles. The number of hydrogen-bond donors (Lipinski definition) is 2. The van der Waals surface area contributed by atoms with Crippen molar-refractivity contribution in [3.63, 3.8) is 0 Å². The van der Waals surface area contributed by atoms with E-state index in [1.165, 1.54) is 6.20 Å². The lowest BCUT2D eigenvalue weighted by atomic mass is 10.3. The second kappa shape index (κ2) is 5.37. The molecule has 0 aromatic carbocycles. The van der Waals surface area contributed by atoms with Crippen molar-refractivity contribution in [3.05, 3.63) is 36.3 Å². The highest BCUT2D eigenvalue weighted by Gasteiger charge is 2.04. The maximum atomic E-state index is 11.0. The van der Waals surface area contributed by atoms with Crippen LogP contribution in [0.5, 0.6) is 0 Å². The summed E-state index contributed by atoms with van der Waals surface area (Å²) in [5.41, 5.74) is 1.63. The Labute approximate surface area is 111 Å². The monoisotopic (exact) mass is 282 g/mol. The molecule has 2 rings (SSSR count). The molecule has 0 bridgehead atoms. The minimum absolute atomic E-state index is 0.0706. The molecule has 0 aliphatic rings. The molecule has 19 heavy (non-hydrogen) atoms. The van der Waals surface area contributed by atoms with Crippen molar-refractivity contribution >= 4 is 15.8 Å². The molecule has 0 amide bonds. The minimum Gasteiger partial charge on any atom is -0.396 e. The van der Waals surface area contributed by atoms with E-state index < -0.39 is 10.0 Å². The fraction of sp³-hybridized carbons (Fsp3) is 0.273. The molecular formula is C11H14N4O3S. The van der Waals surface area contributed by atoms with Crippen LogP contribution < -0.4 is 4.72 Å². The SMILES string of the molecule is CS(=O)(=O)Nc1ccc(-n2cc(CCO)cn2)cn1. The zero-order chi connectivity index (χ0) is 13.9. The molecule has 2 N–H and O–H groups in total. The topological polar surface area (TPSA) is 97.1 Å². The van der Waals surface area contributed by atoms with E-state index in [9.17, 15) is 8.42 Å². The minimum atomic E-state index is -3.32. The fourth-order valence-corrected chi connectivity index (χ4v) is 2.03. The number of nitrogens with one attached hydrogen (secondary N) is 1. The third-order valence-corrected chi connectivity index (χ3v) is 2.92. The van der Waals surface area contributed by atoms with Crippen LogP contribution in [0.4, 0.5) is 5.82 Å². The van der Waals surface area contributed by atoms with Gasteiger partial charge in [0.1, 0.15) is 5.82 Å². The molecule has 102 valence electrons. The van der Waals surface area contributed by atoms with Gasteiger partial charge in [-0.25, -0.2) is 18.1 Å². The van der Waals surface area contributed by atoms with Crippen LogP contribution in [0.3, 0.4) is 0 Å². The number of anilines is 1. The highest BCUT2D eigenvalue weighted by molar-refractivity contribution is 7.92. The van der Waals surface area contributed by atoms with E-state index in [0.29, 0.717) is 12.1 Å². The summed E-state index contributed by atoms with van der Waals surface area (Å²) in [6.45, 7) is 0.0706. The molecule has 0 aliphatic carbocycles. The molecule has 0 fully saturated rings. The zero-order valence-corrected chi connectivity index (χ0v) is 11.1. The number of aliphatic hydroxyl groups is 1. The molecule has 0 saturated carbocycles. The van der Waals surface area contributed by atoms with Crippen LogP contribution in [0.1, 0.15) is 5.56 Å². The van der Waals surface area contributed by atoms with Crippen LogP contribution in [-0.4, -0.2) is 41.2 Å². The van der Waals surface area contributed by atoms with Crippen molar-refractivity contribution in [1.82, 2.24) is 14.8 Å². The molecule has 0 spiro atoms. The Morgan fingerprint density at radius 2 is 2.16 bits per heavy atom. The first-order valence-corrected chi connectivity index (χ1v) is 7.46. The Hall–Kier alpha value is -1.93. The average molecular weight is 282 g/mol. The second-order valence-corrected chi connectivity index (χ2v) is 5.79. The number of nitrogens with zero attached hydrogens (tertiary/aromatic N) is 3. The molecule has 8 heteroatoms. The molecule has 0 radical (unpaired) electrons. The van der Waals surface area contributed by atoms with Gasteiger partial charge < -0.3 is 5.11 Å². The first kappa shape index (κ1) is 13.5. The first-order chi connectivity index (χ1) is 8.98. The summed E-state index contributed by atoms with van der Waals surface area (Å²) in [7, 11) is -3.32. The largest absolute Gasteiger partial charge is 0.396 e. The highest BCUT2D eigenvalue weighted by Crippen LogP contribution is 2.11. The quantitative estimate of drug-likeness (QED) is 0.815. The predicted molar refractivity (Wildman–Crippen MR) is 70.6 cm³/mol. The maximum Gasteiger partial charge on any atom is 0.230 e. The third-order valence-electron chi connectivity index (χ3n) is 2.34. The Bertz CT molecular complexity index is 649. The van der Waals surface area contributed by atoms with Crippen molar-refractivity contribution < 1.29 is 13.5 Å². The lowest BCUT2D eigenvalue weighted by molar-refractivity contribution is 0.299. The molecule has 0 aliphatic heterocycles. The van der Waals surface area contributed by atoms with Gasteiger partial charge in [-0.1, -0.05) is 0 Å². The van der Waals surface area contributed by atoms with Gasteiger partial charge in [-0.15, -0.1) is 0 Å². The van der Waals surface area contributed by atoms with Crippen molar-refractivity contribution in [3.8, 4) is 5.69 Å². The van der Waals surface area contributed by atoms with Crippen LogP contribution in [0.15, 0.2) is 30.7 Å². The Morgan fingerprint density at radius 1 is 1.37 bits per heavy atom. The summed E-state index contributed by atoms with van der Waals surface area (Å²) in [4.78, 5) is 4.00. The van der Waals surface area contributed by atoms with E-state index in [-0.39, 0.29) is 12.4 Å². The van der Waals surface area contributed by atoms with Gasteiger partial charge in [0.15, 0.2) is 0 Å². The molecule has 2 heterocycles. The summed E-state index contributed by atoms with van der Waals surface area (Å²) < 4.78 is 26.0. The summed E-state index contributed by atoms with van der Waals surface area (Å²) in [5.74, 6) is 0.258. The van der Waals surface area contributed by atoms with Gasteiger partial charge in [-0.05, 0) is 24.1 Å². The average Bonchev–Trinajstić information content (AvgIpc) is 2.77. The molecule has 2 aromatic heterocycles. The van der Waals surface area contributed by atoms with Gasteiger partial charge in [0.05, 0.1) is 24.3 Å². The molecule has 2 aromatic rings. The standard InChI is InChI=1S/C11H14N4O3S/c1-19(17,18)14-11-3-2-10(7-12-11)15-8-9(4-5-16)6-13-15/h2-3,6-8,16H,4-5H2,1H3,(H,12,14). The van der Waals surface area contributed by atoms with E-state index in [4.69, 9.17) is 5.11 Å². The van der Waals surface area contributed by atoms with Gasteiger partial charge in [0.2, 0.25) is 10.0 Å². The predicted octanol–water partition coefficient (Wildman–Crippen LogP) is 0.174. The van der Waals surface area contributed by atoms with Crippen LogP contribution in [0, 0.1) is 0 Å². The Kier molecular flexibility index (Phi) is 3.82. The molecule has 0 atom stereocenters. The number of sulfonamides is 1. The Morgan fingerprint density at radius 3 is 2.74 bits per heavy atom. The maximum absolute atomic E-state index is 11.0. The first-order valence-electron chi connectivity index (χ1n) is 5.56. The normalized spacial score (nSPS) is 11.5. The third kappa shape index (κ3) is 3.76. The number of rotatable bonds is 5. The van der Waals surface area contributed by atoms with E-state index in [1.807, 2.05) is 0 Å². The second-order valence-electron chi connectivity index (χ2n) is 4.04. The van der Waals surface area contributed by atoms with Gasteiger partial charge >= 0.3 is 0 Å². The van der Waals surface area contributed by atoms with E-state index in [0.717, 1.165) is 11.8 Å². The molecular weight excluding hydrogens is 268 g/mol. The van der Waals surface area contributed by atoms with E-state index in [2.05, 4.69) is 14.8 Å². The van der Waals surface area contributed by atoms with Gasteiger partial charge in [0.25, 0.3) is 0 Å². The fourth-order valence-electron chi connectivity index (χ4n) is 1.53. The van der Waals surface area contributed by atoms with E-state index in [1.54, 1.807) is 29.2 Å². The summed E-state index contributed by atoms with van der Waals surface area (Å²) in [5, 5.41) is 13.0. The number of aliphatic hydroxyl groups excluding tert-OH is 1. The molecule has 0 unspecified atom stereocenters. The number of hydrogen-bond acceptors (Lipinski definition) is 5. The van der Waals surface area contributed by atoms with Crippen molar-refractivity contribution in [2.24, 2.45) is 0 Å². The molecule has 7 nitrogen and oxygen atoms in total. The zero-order valence-electron chi connectivity index (χ0n) is 10.3. The Balaban J connectivity index is 2.17. The smallest absolute Gasteiger partial charge is 0.230 e. The van der Waals surface area contributed by atoms with Gasteiger partial charge in [-0.2, -0.15) is 5.10 Å².